The SMILES string of the molecule is C[C@H]1C=CC(=O)[C@H]2CN1C(=O)c1c(O)c(=O)c(C(=O)NCc3c(F)cc(F)cc3F)cn12. The van der Waals surface area contributed by atoms with Gasteiger partial charge in [0.2, 0.25) is 5.43 Å². The number of hydrogen-bond donors (Lipinski definition) is 2. The van der Waals surface area contributed by atoms with E-state index in [0.717, 1.165) is 10.8 Å². The molecule has 2 N–H and O–H groups in total. The van der Waals surface area contributed by atoms with Gasteiger partial charge >= 0.3 is 0 Å². The zero-order valence-electron chi connectivity index (χ0n) is 16.6. The van der Waals surface area contributed by atoms with Gasteiger partial charge in [-0.15, -0.1) is 0 Å². The second-order valence-corrected chi connectivity index (χ2v) is 7.48. The summed E-state index contributed by atoms with van der Waals surface area (Å²) in [5.74, 6) is -6.82. The van der Waals surface area contributed by atoms with Gasteiger partial charge in [-0.05, 0) is 13.0 Å². The van der Waals surface area contributed by atoms with Crippen molar-refractivity contribution in [3.05, 3.63) is 75.0 Å². The Morgan fingerprint density at radius 1 is 1.19 bits per heavy atom. The fraction of sp³-hybridized carbons (Fsp3) is 0.238. The Kier molecular flexibility index (Phi) is 5.11. The summed E-state index contributed by atoms with van der Waals surface area (Å²) in [7, 11) is 0. The molecule has 0 radical (unpaired) electrons. The van der Waals surface area contributed by atoms with Crippen LogP contribution in [-0.4, -0.2) is 44.8 Å². The lowest BCUT2D eigenvalue weighted by Crippen LogP contribution is -2.48. The molecule has 8 nitrogen and oxygen atoms in total. The number of pyridine rings is 1. The number of fused-ring (bicyclic) bond motifs is 4. The number of amides is 2. The molecule has 0 saturated heterocycles. The molecule has 1 aromatic heterocycles. The first kappa shape index (κ1) is 21.3. The van der Waals surface area contributed by atoms with Crippen molar-refractivity contribution in [2.75, 3.05) is 6.54 Å². The molecular weight excluding hydrogens is 431 g/mol. The van der Waals surface area contributed by atoms with Crippen molar-refractivity contribution in [3.8, 4) is 5.75 Å². The Bertz CT molecular complexity index is 1250. The van der Waals surface area contributed by atoms with E-state index in [4.69, 9.17) is 0 Å². The van der Waals surface area contributed by atoms with Crippen LogP contribution in [0.1, 0.15) is 39.4 Å². The third-order valence-electron chi connectivity index (χ3n) is 5.51. The van der Waals surface area contributed by atoms with Gasteiger partial charge in [-0.3, -0.25) is 19.2 Å². The van der Waals surface area contributed by atoms with Crippen molar-refractivity contribution in [1.82, 2.24) is 14.8 Å². The highest BCUT2D eigenvalue weighted by atomic mass is 19.1. The lowest BCUT2D eigenvalue weighted by Gasteiger charge is -2.36. The second kappa shape index (κ2) is 7.66. The Hall–Kier alpha value is -3.89. The first-order valence-corrected chi connectivity index (χ1v) is 9.53. The minimum atomic E-state index is -1.23. The van der Waals surface area contributed by atoms with Gasteiger partial charge in [0.15, 0.2) is 17.2 Å². The maximum Gasteiger partial charge on any atom is 0.275 e. The molecule has 2 aliphatic heterocycles. The molecule has 4 rings (SSSR count). The van der Waals surface area contributed by atoms with Gasteiger partial charge < -0.3 is 19.9 Å². The Balaban J connectivity index is 1.72. The molecule has 0 saturated carbocycles. The highest BCUT2D eigenvalue weighted by Crippen LogP contribution is 2.30. The molecule has 2 aromatic rings. The fourth-order valence-electron chi connectivity index (χ4n) is 3.76. The number of nitrogens with one attached hydrogen (secondary N) is 1. The summed E-state index contributed by atoms with van der Waals surface area (Å²) in [5.41, 5.74) is -2.88. The van der Waals surface area contributed by atoms with E-state index < -0.39 is 81.7 Å². The summed E-state index contributed by atoms with van der Waals surface area (Å²) in [4.78, 5) is 51.8. The van der Waals surface area contributed by atoms with E-state index in [1.807, 2.05) is 0 Å². The average molecular weight is 447 g/mol. The minimum absolute atomic E-state index is 0.0335. The third kappa shape index (κ3) is 3.35. The van der Waals surface area contributed by atoms with Crippen LogP contribution in [0.15, 0.2) is 35.3 Å². The molecule has 0 unspecified atom stereocenters. The quantitative estimate of drug-likeness (QED) is 0.740. The van der Waals surface area contributed by atoms with Crippen LogP contribution in [0.4, 0.5) is 13.2 Å². The number of carbonyl (C=O) groups excluding carboxylic acids is 3. The number of allylic oxidation sites excluding steroid dienone is 1. The number of carbonyl (C=O) groups is 3. The summed E-state index contributed by atoms with van der Waals surface area (Å²) < 4.78 is 41.7. The molecule has 32 heavy (non-hydrogen) atoms. The monoisotopic (exact) mass is 447 g/mol. The van der Waals surface area contributed by atoms with Gasteiger partial charge in [0.1, 0.15) is 29.1 Å². The fourth-order valence-corrected chi connectivity index (χ4v) is 3.76. The van der Waals surface area contributed by atoms with E-state index in [0.29, 0.717) is 12.1 Å². The van der Waals surface area contributed by atoms with Crippen molar-refractivity contribution >= 4 is 17.6 Å². The van der Waals surface area contributed by atoms with Crippen molar-refractivity contribution in [2.24, 2.45) is 0 Å². The van der Waals surface area contributed by atoms with E-state index in [2.05, 4.69) is 5.32 Å². The number of nitrogens with zero attached hydrogens (tertiary/aromatic N) is 2. The van der Waals surface area contributed by atoms with Crippen LogP contribution in [-0.2, 0) is 11.3 Å². The first-order valence-electron chi connectivity index (χ1n) is 9.53. The first-order chi connectivity index (χ1) is 15.1. The summed E-state index contributed by atoms with van der Waals surface area (Å²) in [6.07, 6.45) is 3.76. The van der Waals surface area contributed by atoms with Crippen LogP contribution in [0.3, 0.4) is 0 Å². The van der Waals surface area contributed by atoms with Crippen molar-refractivity contribution < 1.29 is 32.7 Å². The largest absolute Gasteiger partial charge is 0.503 e. The molecule has 2 amide bonds. The number of aromatic nitrogens is 1. The zero-order valence-corrected chi connectivity index (χ0v) is 16.6. The van der Waals surface area contributed by atoms with E-state index in [-0.39, 0.29) is 6.54 Å². The van der Waals surface area contributed by atoms with Crippen molar-refractivity contribution in [1.29, 1.82) is 0 Å². The predicted octanol–water partition coefficient (Wildman–Crippen LogP) is 1.43. The maximum absolute atomic E-state index is 13.8. The molecular formula is C21H16F3N3O5. The Morgan fingerprint density at radius 3 is 2.50 bits per heavy atom. The van der Waals surface area contributed by atoms with Crippen molar-refractivity contribution in [3.63, 3.8) is 0 Å². The van der Waals surface area contributed by atoms with Crippen LogP contribution in [0.2, 0.25) is 0 Å². The smallest absolute Gasteiger partial charge is 0.275 e. The molecule has 2 bridgehead atoms. The summed E-state index contributed by atoms with van der Waals surface area (Å²) in [5, 5.41) is 12.5. The number of halogens is 3. The normalized spacial score (nSPS) is 19.6. The van der Waals surface area contributed by atoms with Gasteiger partial charge in [0, 0.05) is 43.0 Å². The zero-order chi connectivity index (χ0) is 23.3. The second-order valence-electron chi connectivity index (χ2n) is 7.48. The standard InChI is InChI=1S/C21H16F3N3O5/c1-9-2-3-16(28)15-8-26(9)21(32)17-19(30)18(29)12(7-27(15)17)20(31)25-6-11-13(23)4-10(22)5-14(11)24/h2-5,7,9,15,30H,6,8H2,1H3,(H,25,31)/t9-,15+/m0/s1. The van der Waals surface area contributed by atoms with Crippen molar-refractivity contribution in [2.45, 2.75) is 25.6 Å². The highest BCUT2D eigenvalue weighted by Gasteiger charge is 2.40. The van der Waals surface area contributed by atoms with Crippen LogP contribution in [0, 0.1) is 17.5 Å². The molecule has 0 fully saturated rings. The maximum atomic E-state index is 13.8. The van der Waals surface area contributed by atoms with Gasteiger partial charge in [-0.25, -0.2) is 13.2 Å². The van der Waals surface area contributed by atoms with Gasteiger partial charge in [0.05, 0.1) is 0 Å². The number of aromatic hydroxyl groups is 1. The number of ketones is 1. The van der Waals surface area contributed by atoms with E-state index in [9.17, 15) is 37.5 Å². The van der Waals surface area contributed by atoms with E-state index >= 15 is 0 Å². The molecule has 2 atom stereocenters. The summed E-state index contributed by atoms with van der Waals surface area (Å²) in [6, 6.07) is -0.557. The number of rotatable bonds is 3. The van der Waals surface area contributed by atoms with E-state index in [1.54, 1.807) is 6.92 Å². The molecule has 0 spiro atoms. The van der Waals surface area contributed by atoms with Crippen LogP contribution in [0.25, 0.3) is 0 Å². The highest BCUT2D eigenvalue weighted by molar-refractivity contribution is 6.03. The minimum Gasteiger partial charge on any atom is -0.503 e. The number of hydrogen-bond acceptors (Lipinski definition) is 5. The lowest BCUT2D eigenvalue weighted by molar-refractivity contribution is -0.118. The predicted molar refractivity (Wildman–Crippen MR) is 104 cm³/mol. The summed E-state index contributed by atoms with van der Waals surface area (Å²) >= 11 is 0. The molecule has 3 heterocycles. The number of benzene rings is 1. The van der Waals surface area contributed by atoms with Crippen LogP contribution >= 0.6 is 0 Å². The van der Waals surface area contributed by atoms with E-state index in [1.165, 1.54) is 17.1 Å². The van der Waals surface area contributed by atoms with Crippen LogP contribution in [0.5, 0.6) is 5.75 Å². The third-order valence-corrected chi connectivity index (χ3v) is 5.51. The summed E-state index contributed by atoms with van der Waals surface area (Å²) in [6.45, 7) is 0.923. The molecule has 2 aliphatic rings. The molecule has 166 valence electrons. The topological polar surface area (TPSA) is 109 Å². The van der Waals surface area contributed by atoms with Crippen LogP contribution < -0.4 is 10.7 Å². The van der Waals surface area contributed by atoms with Gasteiger partial charge in [-0.1, -0.05) is 6.08 Å². The lowest BCUT2D eigenvalue weighted by atomic mass is 10.0. The Labute approximate surface area is 178 Å². The molecule has 11 heteroatoms. The van der Waals surface area contributed by atoms with Gasteiger partial charge in [0.25, 0.3) is 11.8 Å². The molecule has 1 aromatic carbocycles. The molecule has 0 aliphatic carbocycles. The van der Waals surface area contributed by atoms with Gasteiger partial charge in [-0.2, -0.15) is 0 Å². The average Bonchev–Trinajstić information content (AvgIpc) is 2.85. The Morgan fingerprint density at radius 2 is 1.84 bits per heavy atom.